The fourth-order valence-electron chi connectivity index (χ4n) is 2.05. The van der Waals surface area contributed by atoms with Crippen LogP contribution in [0.25, 0.3) is 16.6 Å². The number of aromatic nitrogens is 2. The minimum absolute atomic E-state index is 0.142. The van der Waals surface area contributed by atoms with Crippen LogP contribution in [0.5, 0.6) is 0 Å². The normalized spacial score (nSPS) is 11.9. The third-order valence-corrected chi connectivity index (χ3v) is 2.96. The Balaban J connectivity index is 0.00000116. The molecule has 4 heteroatoms. The molecular formula is C18H21FN2O. The van der Waals surface area contributed by atoms with Crippen molar-refractivity contribution in [1.82, 2.24) is 9.55 Å². The number of allylic oxidation sites excluding steroid dienone is 5. The summed E-state index contributed by atoms with van der Waals surface area (Å²) in [7, 11) is 0. The van der Waals surface area contributed by atoms with E-state index < -0.39 is 5.83 Å². The Hall–Kier alpha value is -2.49. The lowest BCUT2D eigenvalue weighted by atomic mass is 10.2. The summed E-state index contributed by atoms with van der Waals surface area (Å²) in [4.78, 5) is 16.9. The lowest BCUT2D eigenvalue weighted by Crippen LogP contribution is -2.23. The summed E-state index contributed by atoms with van der Waals surface area (Å²) in [5.74, 6) is -0.0639. The predicted octanol–water partition coefficient (Wildman–Crippen LogP) is 4.63. The van der Waals surface area contributed by atoms with Crippen LogP contribution in [-0.2, 0) is 0 Å². The molecule has 0 spiro atoms. The summed E-state index contributed by atoms with van der Waals surface area (Å²) in [5, 5.41) is 0.456. The molecule has 1 heterocycles. The van der Waals surface area contributed by atoms with Crippen LogP contribution in [0.3, 0.4) is 0 Å². The molecule has 3 nitrogen and oxygen atoms in total. The molecule has 0 fully saturated rings. The van der Waals surface area contributed by atoms with Crippen molar-refractivity contribution in [2.45, 2.75) is 27.7 Å². The van der Waals surface area contributed by atoms with Crippen molar-refractivity contribution in [3.05, 3.63) is 71.1 Å². The molecule has 2 rings (SSSR count). The van der Waals surface area contributed by atoms with Crippen LogP contribution >= 0.6 is 0 Å². The first-order valence-electron chi connectivity index (χ1n) is 7.23. The maximum Gasteiger partial charge on any atom is 0.266 e. The fraction of sp³-hybridized carbons (Fsp3) is 0.222. The molecule has 0 N–H and O–H groups in total. The smallest absolute Gasteiger partial charge is 0.266 e. The van der Waals surface area contributed by atoms with E-state index in [1.165, 1.54) is 22.8 Å². The first-order chi connectivity index (χ1) is 10.6. The van der Waals surface area contributed by atoms with Gasteiger partial charge in [0.2, 0.25) is 0 Å². The topological polar surface area (TPSA) is 34.9 Å². The van der Waals surface area contributed by atoms with Crippen molar-refractivity contribution in [2.24, 2.45) is 0 Å². The van der Waals surface area contributed by atoms with Gasteiger partial charge in [-0.1, -0.05) is 38.6 Å². The molecule has 0 amide bonds. The van der Waals surface area contributed by atoms with Crippen LogP contribution < -0.4 is 5.56 Å². The number of hydrogen-bond acceptors (Lipinski definition) is 2. The van der Waals surface area contributed by atoms with Crippen molar-refractivity contribution in [3.63, 3.8) is 0 Å². The largest absolute Gasteiger partial charge is 0.268 e. The highest BCUT2D eigenvalue weighted by Gasteiger charge is 2.13. The zero-order chi connectivity index (χ0) is 16.7. The quantitative estimate of drug-likeness (QED) is 0.774. The highest BCUT2D eigenvalue weighted by atomic mass is 19.1. The van der Waals surface area contributed by atoms with Crippen molar-refractivity contribution < 1.29 is 4.39 Å². The van der Waals surface area contributed by atoms with Gasteiger partial charge in [-0.2, -0.15) is 0 Å². The van der Waals surface area contributed by atoms with E-state index in [0.29, 0.717) is 16.7 Å². The van der Waals surface area contributed by atoms with Gasteiger partial charge in [0.1, 0.15) is 11.7 Å². The maximum absolute atomic E-state index is 14.0. The summed E-state index contributed by atoms with van der Waals surface area (Å²) in [5.41, 5.74) is 0.451. The van der Waals surface area contributed by atoms with Crippen molar-refractivity contribution in [3.8, 4) is 0 Å². The molecule has 2 aromatic rings. The molecular weight excluding hydrogens is 279 g/mol. The van der Waals surface area contributed by atoms with E-state index >= 15 is 0 Å². The SMILES string of the molecule is C=C/C=C(\C(F)=C/C)n1c(C)nc2ccccc2c1=O.CC. The van der Waals surface area contributed by atoms with Crippen LogP contribution in [0.2, 0.25) is 0 Å². The van der Waals surface area contributed by atoms with E-state index in [1.807, 2.05) is 19.9 Å². The van der Waals surface area contributed by atoms with Crippen LogP contribution in [0.4, 0.5) is 4.39 Å². The Morgan fingerprint density at radius 1 is 1.32 bits per heavy atom. The highest BCUT2D eigenvalue weighted by Crippen LogP contribution is 2.19. The van der Waals surface area contributed by atoms with Gasteiger partial charge >= 0.3 is 0 Å². The van der Waals surface area contributed by atoms with Gasteiger partial charge in [0.25, 0.3) is 5.56 Å². The average molecular weight is 300 g/mol. The molecule has 1 aromatic carbocycles. The minimum atomic E-state index is -0.493. The fourth-order valence-corrected chi connectivity index (χ4v) is 2.05. The molecule has 0 bridgehead atoms. The van der Waals surface area contributed by atoms with Gasteiger partial charge in [-0.05, 0) is 38.1 Å². The minimum Gasteiger partial charge on any atom is -0.268 e. The summed E-state index contributed by atoms with van der Waals surface area (Å²) >= 11 is 0. The number of halogens is 1. The molecule has 0 aliphatic heterocycles. The van der Waals surface area contributed by atoms with Gasteiger partial charge in [0.05, 0.1) is 16.6 Å². The number of nitrogens with zero attached hydrogens (tertiary/aromatic N) is 2. The molecule has 0 radical (unpaired) electrons. The van der Waals surface area contributed by atoms with Gasteiger partial charge in [0.15, 0.2) is 0 Å². The van der Waals surface area contributed by atoms with Gasteiger partial charge in [-0.25, -0.2) is 9.37 Å². The average Bonchev–Trinajstić information content (AvgIpc) is 2.55. The second-order valence-corrected chi connectivity index (χ2v) is 4.24. The Labute approximate surface area is 130 Å². The summed E-state index contributed by atoms with van der Waals surface area (Å²) < 4.78 is 15.3. The zero-order valence-electron chi connectivity index (χ0n) is 13.4. The molecule has 0 saturated carbocycles. The lowest BCUT2D eigenvalue weighted by molar-refractivity contribution is 0.654. The Bertz CT molecular complexity index is 785. The molecule has 0 atom stereocenters. The van der Waals surface area contributed by atoms with Crippen LogP contribution in [0.1, 0.15) is 26.6 Å². The molecule has 116 valence electrons. The molecule has 1 aromatic heterocycles. The van der Waals surface area contributed by atoms with Gasteiger partial charge in [-0.15, -0.1) is 0 Å². The van der Waals surface area contributed by atoms with E-state index in [2.05, 4.69) is 11.6 Å². The molecule has 0 aliphatic rings. The number of benzene rings is 1. The number of aryl methyl sites for hydroxylation is 1. The third kappa shape index (κ3) is 3.39. The predicted molar refractivity (Wildman–Crippen MR) is 91.4 cm³/mol. The van der Waals surface area contributed by atoms with E-state index in [0.717, 1.165) is 0 Å². The standard InChI is InChI=1S/C16H15FN2O.C2H6/c1-4-8-15(13(17)5-2)19-11(3)18-14-10-7-6-9-12(14)16(19)20;1-2/h4-10H,1H2,2-3H3;1-2H3/b13-5+,15-8+;. The molecule has 0 aliphatic carbocycles. The Kier molecular flexibility index (Phi) is 6.45. The monoisotopic (exact) mass is 300 g/mol. The molecule has 0 unspecified atom stereocenters. The first kappa shape index (κ1) is 17.6. The van der Waals surface area contributed by atoms with Gasteiger partial charge in [-0.3, -0.25) is 9.36 Å². The maximum atomic E-state index is 14.0. The van der Waals surface area contributed by atoms with Crippen molar-refractivity contribution in [2.75, 3.05) is 0 Å². The zero-order valence-corrected chi connectivity index (χ0v) is 13.4. The summed E-state index contributed by atoms with van der Waals surface area (Å²) in [6.45, 7) is 10.8. The Morgan fingerprint density at radius 3 is 2.55 bits per heavy atom. The second kappa shape index (κ2) is 8.08. The van der Waals surface area contributed by atoms with Crippen molar-refractivity contribution >= 4 is 16.6 Å². The second-order valence-electron chi connectivity index (χ2n) is 4.24. The Morgan fingerprint density at radius 2 is 1.95 bits per heavy atom. The summed E-state index contributed by atoms with van der Waals surface area (Å²) in [6.07, 6.45) is 4.20. The first-order valence-corrected chi connectivity index (χ1v) is 7.23. The van der Waals surface area contributed by atoms with Crippen molar-refractivity contribution in [1.29, 1.82) is 0 Å². The van der Waals surface area contributed by atoms with Crippen LogP contribution in [0.15, 0.2) is 59.7 Å². The van der Waals surface area contributed by atoms with E-state index in [4.69, 9.17) is 0 Å². The van der Waals surface area contributed by atoms with Crippen LogP contribution in [0, 0.1) is 6.92 Å². The van der Waals surface area contributed by atoms with E-state index in [1.54, 1.807) is 32.0 Å². The highest BCUT2D eigenvalue weighted by molar-refractivity contribution is 5.79. The molecule has 0 saturated heterocycles. The number of hydrogen-bond donors (Lipinski definition) is 0. The number of para-hydroxylation sites is 1. The number of fused-ring (bicyclic) bond motifs is 1. The van der Waals surface area contributed by atoms with E-state index in [-0.39, 0.29) is 11.3 Å². The number of rotatable bonds is 3. The van der Waals surface area contributed by atoms with Crippen LogP contribution in [-0.4, -0.2) is 9.55 Å². The van der Waals surface area contributed by atoms with E-state index in [9.17, 15) is 9.18 Å². The van der Waals surface area contributed by atoms with Gasteiger partial charge in [0, 0.05) is 0 Å². The summed E-state index contributed by atoms with van der Waals surface area (Å²) in [6, 6.07) is 7.01. The molecule has 22 heavy (non-hydrogen) atoms. The van der Waals surface area contributed by atoms with Gasteiger partial charge < -0.3 is 0 Å². The lowest BCUT2D eigenvalue weighted by Gasteiger charge is -2.12. The third-order valence-electron chi connectivity index (χ3n) is 2.96.